The molecule has 444 valence electrons. The smallest absolute Gasteiger partial charge is 0.326 e. The Balaban J connectivity index is 3.36. The molecule has 8 amide bonds. The van der Waals surface area contributed by atoms with Crippen molar-refractivity contribution in [1.82, 2.24) is 58.5 Å². The molecule has 0 saturated heterocycles. The van der Waals surface area contributed by atoms with Gasteiger partial charge in [0.05, 0.1) is 19.1 Å². The maximum absolute atomic E-state index is 14.1. The molecule has 0 aromatic heterocycles. The van der Waals surface area contributed by atoms with E-state index in [-0.39, 0.29) is 63.5 Å². The Labute approximate surface area is 460 Å². The monoisotopic (exact) mass is 1120 g/mol. The third-order valence-electron chi connectivity index (χ3n) is 12.9. The zero-order valence-corrected chi connectivity index (χ0v) is 46.0. The Hall–Kier alpha value is -7.66. The van der Waals surface area contributed by atoms with Gasteiger partial charge in [-0.25, -0.2) is 4.79 Å². The molecule has 0 spiro atoms. The van der Waals surface area contributed by atoms with E-state index in [9.17, 15) is 63.3 Å². The molecule has 0 unspecified atom stereocenters. The Morgan fingerprint density at radius 3 is 1.43 bits per heavy atom. The van der Waals surface area contributed by atoms with Gasteiger partial charge in [0.25, 0.3) is 0 Å². The molecule has 11 atom stereocenters. The predicted octanol–water partition coefficient (Wildman–Crippen LogP) is -3.99. The van der Waals surface area contributed by atoms with Crippen LogP contribution < -0.4 is 75.7 Å². The van der Waals surface area contributed by atoms with Crippen LogP contribution in [0, 0.1) is 22.7 Å². The first-order valence-corrected chi connectivity index (χ1v) is 26.4. The standard InChI is InChI=1S/C50H86N16O13/c1-7-27(3)38(47(77)63-34(24-30-16-10-9-11-17-30)44(74)66-39(48(78)79)28(4)8-2)65-45(75)35(25-37(68)69)62-40(70)29(5)59-46(76)36(26-67)64-43(73)33(20-15-23-58-50(54)55)61-42(72)32(19-14-22-57-49(52)53)60-41(71)31(56-6)18-12-13-21-51/h9-11,16-17,27-29,31-36,38-39,56,67H,7-8,12-15,18-26,51H2,1-6H3,(H,59,76)(H,60,71)(H,61,72)(H,62,70)(H,63,77)(H,64,73)(H,65,75)(H,66,74)(H,68,69)(H,78,79)(H4,52,53,57)(H4,54,55,58)/t27-,28-,29-,31-,32-,33-,34-,35-,36-,38-,39-/m0/s1. The van der Waals surface area contributed by atoms with Crippen LogP contribution in [0.25, 0.3) is 0 Å². The minimum Gasteiger partial charge on any atom is -0.481 e. The first kappa shape index (κ1) is 69.4. The van der Waals surface area contributed by atoms with E-state index in [0.717, 1.165) is 6.92 Å². The average Bonchev–Trinajstić information content (AvgIpc) is 3.40. The fourth-order valence-electron chi connectivity index (χ4n) is 7.78. The summed E-state index contributed by atoms with van der Waals surface area (Å²) in [7, 11) is 1.57. The number of carbonyl (C=O) groups is 10. The SMILES string of the molecule is CC[C@H](C)[C@H](NC(=O)[C@H](Cc1ccccc1)NC(=O)[C@@H](NC(=O)[C@H](CC(=O)O)NC(=O)[C@H](C)NC(=O)[C@H](CO)NC(=O)[C@H](CCCNC(=N)N)NC(=O)[C@H](CCCNC(=N)N)NC(=O)[C@H](CCCCN)NC)[C@@H](C)CC)C(=O)O. The van der Waals surface area contributed by atoms with Gasteiger partial charge < -0.3 is 91.0 Å². The second-order valence-corrected chi connectivity index (χ2v) is 19.2. The van der Waals surface area contributed by atoms with E-state index < -0.39 is 138 Å². The van der Waals surface area contributed by atoms with Gasteiger partial charge in [-0.05, 0) is 76.4 Å². The Morgan fingerprint density at radius 1 is 0.532 bits per heavy atom. The number of aliphatic hydroxyl groups is 1. The lowest BCUT2D eigenvalue weighted by atomic mass is 9.96. The number of rotatable bonds is 39. The zero-order valence-electron chi connectivity index (χ0n) is 46.0. The number of hydrogen-bond acceptors (Lipinski definition) is 15. The van der Waals surface area contributed by atoms with Crippen LogP contribution in [0.5, 0.6) is 0 Å². The van der Waals surface area contributed by atoms with Crippen molar-refractivity contribution in [3.8, 4) is 0 Å². The lowest BCUT2D eigenvalue weighted by Crippen LogP contribution is -2.61. The maximum atomic E-state index is 14.1. The van der Waals surface area contributed by atoms with E-state index >= 15 is 0 Å². The number of nitrogens with one attached hydrogen (secondary N) is 13. The molecule has 1 aromatic rings. The number of hydrogen-bond donors (Lipinski definition) is 19. The summed E-state index contributed by atoms with van der Waals surface area (Å²) in [5.74, 6) is -12.0. The Morgan fingerprint density at radius 2 is 0.962 bits per heavy atom. The van der Waals surface area contributed by atoms with Gasteiger partial charge in [0.15, 0.2) is 11.9 Å². The second-order valence-electron chi connectivity index (χ2n) is 19.2. The highest BCUT2D eigenvalue weighted by molar-refractivity contribution is 5.99. The molecule has 0 radical (unpaired) electrons. The van der Waals surface area contributed by atoms with Gasteiger partial charge in [0, 0.05) is 19.5 Å². The fourth-order valence-corrected chi connectivity index (χ4v) is 7.78. The molecule has 0 aliphatic rings. The van der Waals surface area contributed by atoms with E-state index in [1.165, 1.54) is 0 Å². The average molecular weight is 1120 g/mol. The van der Waals surface area contributed by atoms with E-state index in [1.807, 2.05) is 0 Å². The summed E-state index contributed by atoms with van der Waals surface area (Å²) in [4.78, 5) is 134. The van der Waals surface area contributed by atoms with Gasteiger partial charge in [-0.1, -0.05) is 77.3 Å². The summed E-state index contributed by atoms with van der Waals surface area (Å²) >= 11 is 0. The van der Waals surface area contributed by atoms with E-state index in [2.05, 4.69) is 58.5 Å². The number of nitrogens with two attached hydrogens (primary N) is 3. The largest absolute Gasteiger partial charge is 0.481 e. The van der Waals surface area contributed by atoms with Crippen molar-refractivity contribution in [2.75, 3.05) is 33.3 Å². The van der Waals surface area contributed by atoms with E-state index in [0.29, 0.717) is 37.8 Å². The highest BCUT2D eigenvalue weighted by Gasteiger charge is 2.37. The van der Waals surface area contributed by atoms with Crippen molar-refractivity contribution in [3.63, 3.8) is 0 Å². The molecule has 22 N–H and O–H groups in total. The minimum atomic E-state index is -1.85. The summed E-state index contributed by atoms with van der Waals surface area (Å²) in [6, 6.07) is -4.05. The van der Waals surface area contributed by atoms with Crippen LogP contribution in [0.15, 0.2) is 30.3 Å². The highest BCUT2D eigenvalue weighted by Crippen LogP contribution is 2.14. The number of likely N-dealkylation sites (N-methyl/N-ethyl adjacent to an activating group) is 1. The third-order valence-corrected chi connectivity index (χ3v) is 12.9. The topological polar surface area (TPSA) is 489 Å². The van der Waals surface area contributed by atoms with Crippen LogP contribution in [0.2, 0.25) is 0 Å². The van der Waals surface area contributed by atoms with Gasteiger partial charge in [0.2, 0.25) is 47.3 Å². The second kappa shape index (κ2) is 37.2. The number of carbonyl (C=O) groups excluding carboxylic acids is 8. The first-order chi connectivity index (χ1) is 37.3. The molecular formula is C50H86N16O13. The van der Waals surface area contributed by atoms with Crippen molar-refractivity contribution in [1.29, 1.82) is 10.8 Å². The lowest BCUT2D eigenvalue weighted by molar-refractivity contribution is -0.144. The summed E-state index contributed by atoms with van der Waals surface area (Å²) in [5.41, 5.74) is 17.0. The van der Waals surface area contributed by atoms with Gasteiger partial charge in [-0.15, -0.1) is 0 Å². The third kappa shape index (κ3) is 26.5. The Kier molecular flexibility index (Phi) is 32.7. The summed E-state index contributed by atoms with van der Waals surface area (Å²) < 4.78 is 0. The van der Waals surface area contributed by atoms with Crippen LogP contribution in [0.1, 0.15) is 104 Å². The minimum absolute atomic E-state index is 0.0219. The molecule has 0 aliphatic heterocycles. The van der Waals surface area contributed by atoms with Crippen LogP contribution in [0.3, 0.4) is 0 Å². The number of carboxylic acids is 2. The maximum Gasteiger partial charge on any atom is 0.326 e. The Bertz CT molecular complexity index is 2190. The molecule has 1 rings (SSSR count). The van der Waals surface area contributed by atoms with E-state index in [4.69, 9.17) is 28.0 Å². The summed E-state index contributed by atoms with van der Waals surface area (Å²) in [6.07, 6.45) is 1.53. The molecular weight excluding hydrogens is 1030 g/mol. The highest BCUT2D eigenvalue weighted by atomic mass is 16.4. The van der Waals surface area contributed by atoms with E-state index in [1.54, 1.807) is 65.1 Å². The lowest BCUT2D eigenvalue weighted by Gasteiger charge is -2.29. The zero-order chi connectivity index (χ0) is 59.8. The number of benzene rings is 1. The molecule has 29 heteroatoms. The molecule has 0 fully saturated rings. The van der Waals surface area contributed by atoms with Crippen molar-refractivity contribution in [3.05, 3.63) is 35.9 Å². The van der Waals surface area contributed by atoms with Gasteiger partial charge >= 0.3 is 11.9 Å². The van der Waals surface area contributed by atoms with Gasteiger partial charge in [-0.3, -0.25) is 54.0 Å². The van der Waals surface area contributed by atoms with Gasteiger partial charge in [-0.2, -0.15) is 0 Å². The number of guanidine groups is 2. The normalized spacial score (nSPS) is 15.1. The van der Waals surface area contributed by atoms with Gasteiger partial charge in [0.1, 0.15) is 48.3 Å². The van der Waals surface area contributed by atoms with Crippen LogP contribution in [0.4, 0.5) is 0 Å². The van der Waals surface area contributed by atoms with Crippen molar-refractivity contribution in [2.45, 2.75) is 160 Å². The van der Waals surface area contributed by atoms with Crippen LogP contribution >= 0.6 is 0 Å². The number of carboxylic acid groups (broad SMARTS) is 2. The molecule has 29 nitrogen and oxygen atoms in total. The quantitative estimate of drug-likeness (QED) is 0.0170. The molecule has 0 heterocycles. The number of amides is 8. The summed E-state index contributed by atoms with van der Waals surface area (Å²) in [5, 5.41) is 72.7. The number of aliphatic carboxylic acids is 2. The fraction of sp³-hybridized carbons (Fsp3) is 0.640. The number of aliphatic hydroxyl groups excluding tert-OH is 1. The van der Waals surface area contributed by atoms with Crippen LogP contribution in [-0.2, 0) is 54.4 Å². The van der Waals surface area contributed by atoms with Crippen molar-refractivity contribution >= 4 is 71.1 Å². The molecule has 1 aromatic carbocycles. The molecule has 0 saturated carbocycles. The molecule has 0 bridgehead atoms. The molecule has 79 heavy (non-hydrogen) atoms. The van der Waals surface area contributed by atoms with Crippen LogP contribution in [-0.4, -0.2) is 174 Å². The predicted molar refractivity (Wildman–Crippen MR) is 291 cm³/mol. The van der Waals surface area contributed by atoms with Crippen molar-refractivity contribution < 1.29 is 63.3 Å². The van der Waals surface area contributed by atoms with Crippen molar-refractivity contribution in [2.24, 2.45) is 29.0 Å². The summed E-state index contributed by atoms with van der Waals surface area (Å²) in [6.45, 7) is 7.46. The first-order valence-electron chi connectivity index (χ1n) is 26.4. The number of unbranched alkanes of at least 4 members (excludes halogenated alkanes) is 1. The molecule has 0 aliphatic carbocycles.